The third-order valence-corrected chi connectivity index (χ3v) is 6.59. The Bertz CT molecular complexity index is 1140. The van der Waals surface area contributed by atoms with Crippen LogP contribution >= 0.6 is 0 Å². The highest BCUT2D eigenvalue weighted by Crippen LogP contribution is 2.18. The van der Waals surface area contributed by atoms with Crippen LogP contribution in [0.4, 0.5) is 0 Å². The molecule has 3 rings (SSSR count). The summed E-state index contributed by atoms with van der Waals surface area (Å²) in [6.45, 7) is 6.22. The van der Waals surface area contributed by atoms with Gasteiger partial charge in [0.05, 0.1) is 10.6 Å². The lowest BCUT2D eigenvalue weighted by molar-refractivity contribution is 0.581. The van der Waals surface area contributed by atoms with Crippen molar-refractivity contribution in [2.24, 2.45) is 7.05 Å². The van der Waals surface area contributed by atoms with E-state index >= 15 is 0 Å². The number of aromatic nitrogens is 2. The smallest absolute Gasteiger partial charge is 0.275 e. The minimum Gasteiger partial charge on any atom is -0.285 e. The number of nitrogens with zero attached hydrogens (tertiary/aromatic N) is 2. The van der Waals surface area contributed by atoms with Crippen LogP contribution in [0.15, 0.2) is 64.3 Å². The summed E-state index contributed by atoms with van der Waals surface area (Å²) in [6, 6.07) is 16.1. The summed E-state index contributed by atoms with van der Waals surface area (Å²) in [5.41, 5.74) is 3.31. The highest BCUT2D eigenvalue weighted by molar-refractivity contribution is 7.89. The standard InChI is InChI=1S/C22H27N3O3S/c1-16(2)21-17(3)24(4)25(22(21)26)19-10-12-20(13-11-19)29(27,28)23-15-14-18-8-6-5-7-9-18/h5-13,16,23H,14-15H2,1-4H3. The van der Waals surface area contributed by atoms with E-state index in [2.05, 4.69) is 4.72 Å². The van der Waals surface area contributed by atoms with Crippen molar-refractivity contribution >= 4 is 10.0 Å². The van der Waals surface area contributed by atoms with Crippen LogP contribution in [-0.2, 0) is 23.5 Å². The second-order valence-electron chi connectivity index (χ2n) is 7.42. The van der Waals surface area contributed by atoms with Crippen LogP contribution < -0.4 is 10.3 Å². The number of rotatable bonds is 7. The lowest BCUT2D eigenvalue weighted by Crippen LogP contribution is -2.26. The maximum absolute atomic E-state index is 12.8. The van der Waals surface area contributed by atoms with E-state index < -0.39 is 10.0 Å². The molecule has 0 saturated heterocycles. The second-order valence-corrected chi connectivity index (χ2v) is 9.19. The first kappa shape index (κ1) is 21.1. The molecule has 0 aliphatic rings. The maximum atomic E-state index is 12.8. The number of sulfonamides is 1. The van der Waals surface area contributed by atoms with Crippen molar-refractivity contribution in [3.8, 4) is 5.69 Å². The van der Waals surface area contributed by atoms with E-state index in [9.17, 15) is 13.2 Å². The van der Waals surface area contributed by atoms with Crippen molar-refractivity contribution in [1.82, 2.24) is 14.1 Å². The Kier molecular flexibility index (Phi) is 6.10. The van der Waals surface area contributed by atoms with Crippen LogP contribution in [-0.4, -0.2) is 24.3 Å². The third-order valence-electron chi connectivity index (χ3n) is 5.12. The molecule has 6 nitrogen and oxygen atoms in total. The molecule has 0 saturated carbocycles. The fourth-order valence-electron chi connectivity index (χ4n) is 3.51. The molecule has 0 unspecified atom stereocenters. The molecule has 7 heteroatoms. The summed E-state index contributed by atoms with van der Waals surface area (Å²) < 4.78 is 31.1. The van der Waals surface area contributed by atoms with Crippen LogP contribution in [0, 0.1) is 6.92 Å². The summed E-state index contributed by atoms with van der Waals surface area (Å²) in [7, 11) is -1.78. The maximum Gasteiger partial charge on any atom is 0.275 e. The lowest BCUT2D eigenvalue weighted by atomic mass is 10.0. The van der Waals surface area contributed by atoms with E-state index in [-0.39, 0.29) is 16.4 Å². The molecule has 1 aromatic heterocycles. The molecule has 0 aliphatic heterocycles. The van der Waals surface area contributed by atoms with E-state index in [1.54, 1.807) is 21.5 Å². The van der Waals surface area contributed by atoms with Gasteiger partial charge in [0.15, 0.2) is 0 Å². The molecule has 154 valence electrons. The van der Waals surface area contributed by atoms with Crippen LogP contribution in [0.5, 0.6) is 0 Å². The van der Waals surface area contributed by atoms with Gasteiger partial charge in [-0.2, -0.15) is 0 Å². The van der Waals surface area contributed by atoms with Crippen molar-refractivity contribution in [3.05, 3.63) is 81.8 Å². The molecule has 0 amide bonds. The first-order valence-corrected chi connectivity index (χ1v) is 11.1. The van der Waals surface area contributed by atoms with Gasteiger partial charge in [0.25, 0.3) is 5.56 Å². The van der Waals surface area contributed by atoms with Gasteiger partial charge in [-0.3, -0.25) is 9.48 Å². The monoisotopic (exact) mass is 413 g/mol. The largest absolute Gasteiger partial charge is 0.285 e. The molecule has 0 atom stereocenters. The van der Waals surface area contributed by atoms with E-state index in [4.69, 9.17) is 0 Å². The molecule has 0 aliphatic carbocycles. The Morgan fingerprint density at radius 1 is 1.00 bits per heavy atom. The van der Waals surface area contributed by atoms with Gasteiger partial charge in [-0.05, 0) is 49.1 Å². The van der Waals surface area contributed by atoms with Crippen molar-refractivity contribution in [2.75, 3.05) is 6.54 Å². The third kappa shape index (κ3) is 4.36. The molecule has 0 bridgehead atoms. The predicted octanol–water partition coefficient (Wildman–Crippen LogP) is 3.13. The first-order chi connectivity index (χ1) is 13.7. The zero-order valence-corrected chi connectivity index (χ0v) is 18.0. The quantitative estimate of drug-likeness (QED) is 0.647. The molecule has 2 aromatic carbocycles. The molecule has 29 heavy (non-hydrogen) atoms. The van der Waals surface area contributed by atoms with Gasteiger partial charge < -0.3 is 0 Å². The molecule has 1 N–H and O–H groups in total. The molecule has 0 spiro atoms. The Morgan fingerprint density at radius 2 is 1.62 bits per heavy atom. The highest BCUT2D eigenvalue weighted by Gasteiger charge is 2.19. The van der Waals surface area contributed by atoms with Crippen molar-refractivity contribution in [3.63, 3.8) is 0 Å². The van der Waals surface area contributed by atoms with Crippen LogP contribution in [0.1, 0.15) is 36.6 Å². The first-order valence-electron chi connectivity index (χ1n) is 9.65. The minimum absolute atomic E-state index is 0.0726. The Hall–Kier alpha value is -2.64. The van der Waals surface area contributed by atoms with Crippen molar-refractivity contribution in [1.29, 1.82) is 0 Å². The lowest BCUT2D eigenvalue weighted by Gasteiger charge is -2.10. The Morgan fingerprint density at radius 3 is 2.17 bits per heavy atom. The van der Waals surface area contributed by atoms with Gasteiger partial charge in [-0.1, -0.05) is 44.2 Å². The normalized spacial score (nSPS) is 11.9. The predicted molar refractivity (Wildman–Crippen MR) is 115 cm³/mol. The average Bonchev–Trinajstić information content (AvgIpc) is 2.91. The van der Waals surface area contributed by atoms with Gasteiger partial charge in [0.1, 0.15) is 0 Å². The van der Waals surface area contributed by atoms with Gasteiger partial charge >= 0.3 is 0 Å². The number of hydrogen-bond acceptors (Lipinski definition) is 3. The summed E-state index contributed by atoms with van der Waals surface area (Å²) in [5.74, 6) is 0.114. The second kappa shape index (κ2) is 8.39. The molecule has 0 radical (unpaired) electrons. The van der Waals surface area contributed by atoms with E-state index in [0.717, 1.165) is 16.8 Å². The fraction of sp³-hybridized carbons (Fsp3) is 0.318. The summed E-state index contributed by atoms with van der Waals surface area (Å²) in [4.78, 5) is 13.0. The zero-order valence-electron chi connectivity index (χ0n) is 17.2. The zero-order chi connectivity index (χ0) is 21.2. The number of nitrogens with one attached hydrogen (secondary N) is 1. The fourth-order valence-corrected chi connectivity index (χ4v) is 4.54. The van der Waals surface area contributed by atoms with E-state index in [0.29, 0.717) is 18.7 Å². The number of benzene rings is 2. The van der Waals surface area contributed by atoms with Crippen LogP contribution in [0.2, 0.25) is 0 Å². The molecule has 0 fully saturated rings. The minimum atomic E-state index is -3.61. The summed E-state index contributed by atoms with van der Waals surface area (Å²) in [6.07, 6.45) is 0.619. The highest BCUT2D eigenvalue weighted by atomic mass is 32.2. The summed E-state index contributed by atoms with van der Waals surface area (Å²) in [5, 5.41) is 0. The van der Waals surface area contributed by atoms with E-state index in [1.165, 1.54) is 12.1 Å². The topological polar surface area (TPSA) is 73.1 Å². The Balaban J connectivity index is 1.80. The Labute approximate surface area is 171 Å². The van der Waals surface area contributed by atoms with Crippen LogP contribution in [0.3, 0.4) is 0 Å². The molecular weight excluding hydrogens is 386 g/mol. The van der Waals surface area contributed by atoms with Crippen LogP contribution in [0.25, 0.3) is 5.69 Å². The molecule has 3 aromatic rings. The SMILES string of the molecule is Cc1c(C(C)C)c(=O)n(-c2ccc(S(=O)(=O)NCCc3ccccc3)cc2)n1C. The number of hydrogen-bond donors (Lipinski definition) is 1. The summed E-state index contributed by atoms with van der Waals surface area (Å²) >= 11 is 0. The van der Waals surface area contributed by atoms with E-state index in [1.807, 2.05) is 58.2 Å². The van der Waals surface area contributed by atoms with Gasteiger partial charge in [0.2, 0.25) is 10.0 Å². The molecular formula is C22H27N3O3S. The van der Waals surface area contributed by atoms with Gasteiger partial charge in [-0.25, -0.2) is 17.8 Å². The average molecular weight is 414 g/mol. The van der Waals surface area contributed by atoms with Crippen molar-refractivity contribution in [2.45, 2.75) is 38.0 Å². The van der Waals surface area contributed by atoms with Crippen molar-refractivity contribution < 1.29 is 8.42 Å². The molecule has 1 heterocycles. The van der Waals surface area contributed by atoms with Gasteiger partial charge in [0, 0.05) is 24.8 Å². The van der Waals surface area contributed by atoms with Gasteiger partial charge in [-0.15, -0.1) is 0 Å².